The van der Waals surface area contributed by atoms with Gasteiger partial charge in [0, 0.05) is 18.6 Å². The molecule has 0 aliphatic rings. The van der Waals surface area contributed by atoms with Gasteiger partial charge >= 0.3 is 0 Å². The molecule has 0 bridgehead atoms. The van der Waals surface area contributed by atoms with E-state index in [4.69, 9.17) is 4.74 Å². The van der Waals surface area contributed by atoms with Crippen LogP contribution in [0.15, 0.2) is 24.3 Å². The van der Waals surface area contributed by atoms with Gasteiger partial charge in [0.15, 0.2) is 0 Å². The molecule has 3 heteroatoms. The maximum Gasteiger partial charge on any atom is 0.119 e. The van der Waals surface area contributed by atoms with Crippen molar-refractivity contribution in [2.45, 2.75) is 52.1 Å². The van der Waals surface area contributed by atoms with Crippen molar-refractivity contribution in [3.63, 3.8) is 0 Å². The summed E-state index contributed by atoms with van der Waals surface area (Å²) < 4.78 is 5.34. The van der Waals surface area contributed by atoms with Gasteiger partial charge in [-0.2, -0.15) is 0 Å². The van der Waals surface area contributed by atoms with Crippen LogP contribution in [0.25, 0.3) is 0 Å². The molecule has 1 N–H and O–H groups in total. The second kappa shape index (κ2) is 9.80. The van der Waals surface area contributed by atoms with Crippen molar-refractivity contribution in [1.29, 1.82) is 0 Å². The van der Waals surface area contributed by atoms with E-state index in [1.165, 1.54) is 31.4 Å². The topological polar surface area (TPSA) is 24.5 Å². The van der Waals surface area contributed by atoms with Gasteiger partial charge in [0.1, 0.15) is 5.75 Å². The van der Waals surface area contributed by atoms with Gasteiger partial charge in [0.25, 0.3) is 0 Å². The second-order valence-corrected chi connectivity index (χ2v) is 5.91. The minimum Gasteiger partial charge on any atom is -0.497 e. The maximum atomic E-state index is 5.34. The minimum atomic E-state index is 0.337. The Labute approximate surface area is 130 Å². The number of nitrogens with zero attached hydrogens (tertiary/aromatic N) is 1. The van der Waals surface area contributed by atoms with E-state index in [0.717, 1.165) is 12.3 Å². The van der Waals surface area contributed by atoms with E-state index in [9.17, 15) is 0 Å². The molecule has 21 heavy (non-hydrogen) atoms. The number of unbranched alkanes of at least 4 members (excludes halogenated alkanes) is 2. The molecule has 1 aromatic carbocycles. The van der Waals surface area contributed by atoms with Gasteiger partial charge in [-0.15, -0.1) is 0 Å². The van der Waals surface area contributed by atoms with E-state index in [2.05, 4.69) is 49.2 Å². The molecule has 0 saturated carbocycles. The summed E-state index contributed by atoms with van der Waals surface area (Å²) in [5.74, 6) is 0.926. The highest BCUT2D eigenvalue weighted by Crippen LogP contribution is 2.20. The van der Waals surface area contributed by atoms with E-state index < -0.39 is 0 Å². The predicted octanol–water partition coefficient (Wildman–Crippen LogP) is 3.86. The summed E-state index contributed by atoms with van der Waals surface area (Å²) in [6, 6.07) is 9.28. The van der Waals surface area contributed by atoms with Crippen molar-refractivity contribution in [3.8, 4) is 5.75 Å². The number of likely N-dealkylation sites (N-methyl/N-ethyl adjacent to an activating group) is 1. The monoisotopic (exact) mass is 292 g/mol. The van der Waals surface area contributed by atoms with Crippen LogP contribution in [0.5, 0.6) is 5.75 Å². The highest BCUT2D eigenvalue weighted by molar-refractivity contribution is 5.30. The Morgan fingerprint density at radius 1 is 1.24 bits per heavy atom. The van der Waals surface area contributed by atoms with E-state index in [0.29, 0.717) is 12.1 Å². The number of nitrogens with one attached hydrogen (secondary N) is 1. The van der Waals surface area contributed by atoms with Crippen molar-refractivity contribution in [2.75, 3.05) is 27.2 Å². The number of benzene rings is 1. The molecular weight excluding hydrogens is 260 g/mol. The van der Waals surface area contributed by atoms with Gasteiger partial charge in [-0.25, -0.2) is 0 Å². The molecule has 0 amide bonds. The summed E-state index contributed by atoms with van der Waals surface area (Å²) in [6.07, 6.45) is 3.87. The molecule has 0 saturated heterocycles. The van der Waals surface area contributed by atoms with Crippen molar-refractivity contribution in [2.24, 2.45) is 0 Å². The summed E-state index contributed by atoms with van der Waals surface area (Å²) in [7, 11) is 3.76. The molecule has 0 fully saturated rings. The summed E-state index contributed by atoms with van der Waals surface area (Å²) >= 11 is 0. The lowest BCUT2D eigenvalue weighted by atomic mass is 10.0. The number of hydrogen-bond donors (Lipinski definition) is 1. The molecular formula is C18H32N2O. The molecule has 1 rings (SSSR count). The molecule has 0 aliphatic heterocycles. The molecule has 1 atom stereocenters. The molecule has 0 radical (unpaired) electrons. The van der Waals surface area contributed by atoms with Crippen LogP contribution in [0.1, 0.15) is 51.6 Å². The lowest BCUT2D eigenvalue weighted by Gasteiger charge is -2.31. The van der Waals surface area contributed by atoms with Gasteiger partial charge in [-0.3, -0.25) is 4.90 Å². The Hall–Kier alpha value is -1.06. The number of methoxy groups -OCH3 is 1. The van der Waals surface area contributed by atoms with Crippen LogP contribution in [0.3, 0.4) is 0 Å². The Bertz CT molecular complexity index is 393. The molecule has 3 nitrogen and oxygen atoms in total. The molecule has 1 aromatic rings. The van der Waals surface area contributed by atoms with Gasteiger partial charge in [-0.05, 0) is 51.6 Å². The van der Waals surface area contributed by atoms with Gasteiger partial charge in [0.2, 0.25) is 0 Å². The lowest BCUT2D eigenvalue weighted by molar-refractivity contribution is 0.196. The van der Waals surface area contributed by atoms with Crippen molar-refractivity contribution >= 4 is 0 Å². The lowest BCUT2D eigenvalue weighted by Crippen LogP contribution is -2.38. The normalized spacial score (nSPS) is 12.9. The fourth-order valence-corrected chi connectivity index (χ4v) is 2.58. The van der Waals surface area contributed by atoms with Crippen LogP contribution in [0.2, 0.25) is 0 Å². The van der Waals surface area contributed by atoms with Crippen LogP contribution >= 0.6 is 0 Å². The smallest absolute Gasteiger partial charge is 0.119 e. The van der Waals surface area contributed by atoms with E-state index >= 15 is 0 Å². The average molecular weight is 292 g/mol. The molecule has 0 aliphatic carbocycles. The highest BCUT2D eigenvalue weighted by atomic mass is 16.5. The first-order valence-electron chi connectivity index (χ1n) is 8.17. The third-order valence-electron chi connectivity index (χ3n) is 4.04. The van der Waals surface area contributed by atoms with Crippen molar-refractivity contribution in [1.82, 2.24) is 10.2 Å². The average Bonchev–Trinajstić information content (AvgIpc) is 2.50. The van der Waals surface area contributed by atoms with E-state index in [1.54, 1.807) is 7.11 Å². The van der Waals surface area contributed by atoms with Crippen molar-refractivity contribution in [3.05, 3.63) is 29.8 Å². The largest absolute Gasteiger partial charge is 0.497 e. The van der Waals surface area contributed by atoms with Gasteiger partial charge in [0.05, 0.1) is 7.11 Å². The quantitative estimate of drug-likeness (QED) is 0.663. The summed E-state index contributed by atoms with van der Waals surface area (Å²) in [6.45, 7) is 9.03. The zero-order valence-electron chi connectivity index (χ0n) is 14.4. The number of hydrogen-bond acceptors (Lipinski definition) is 3. The van der Waals surface area contributed by atoms with Crippen LogP contribution in [-0.2, 0) is 0 Å². The number of rotatable bonds is 10. The maximum absolute atomic E-state index is 5.34. The van der Waals surface area contributed by atoms with E-state index in [1.807, 2.05) is 13.1 Å². The first kappa shape index (κ1) is 18.0. The molecule has 1 unspecified atom stereocenters. The Morgan fingerprint density at radius 3 is 2.57 bits per heavy atom. The Morgan fingerprint density at radius 2 is 2.00 bits per heavy atom. The van der Waals surface area contributed by atoms with Crippen LogP contribution < -0.4 is 10.1 Å². The third-order valence-corrected chi connectivity index (χ3v) is 4.04. The Kier molecular flexibility index (Phi) is 8.40. The first-order valence-corrected chi connectivity index (χ1v) is 8.17. The molecule has 0 aromatic heterocycles. The van der Waals surface area contributed by atoms with Gasteiger partial charge in [-0.1, -0.05) is 31.9 Å². The predicted molar refractivity (Wildman–Crippen MR) is 91.0 cm³/mol. The second-order valence-electron chi connectivity index (χ2n) is 5.91. The summed E-state index contributed by atoms with van der Waals surface area (Å²) in [4.78, 5) is 2.57. The van der Waals surface area contributed by atoms with Crippen molar-refractivity contribution < 1.29 is 4.74 Å². The molecule has 0 spiro atoms. The molecule has 0 heterocycles. The van der Waals surface area contributed by atoms with E-state index in [-0.39, 0.29) is 0 Å². The van der Waals surface area contributed by atoms with Crippen LogP contribution in [0, 0.1) is 0 Å². The number of ether oxygens (including phenoxy) is 1. The van der Waals surface area contributed by atoms with Crippen LogP contribution in [-0.4, -0.2) is 38.2 Å². The standard InChI is InChI=1S/C18H32N2O/c1-6-7-8-12-20(15(2)3)14-18(19-4)16-10-9-11-17(13-16)21-5/h9-11,13,15,18-19H,6-8,12,14H2,1-5H3. The Balaban J connectivity index is 2.72. The highest BCUT2D eigenvalue weighted by Gasteiger charge is 2.17. The fraction of sp³-hybridized carbons (Fsp3) is 0.667. The summed E-state index contributed by atoms with van der Waals surface area (Å²) in [5, 5.41) is 3.45. The first-order chi connectivity index (χ1) is 10.1. The zero-order chi connectivity index (χ0) is 15.7. The van der Waals surface area contributed by atoms with Gasteiger partial charge < -0.3 is 10.1 Å². The SMILES string of the molecule is CCCCCN(CC(NC)c1cccc(OC)c1)C(C)C. The zero-order valence-corrected chi connectivity index (χ0v) is 14.4. The molecule has 120 valence electrons. The summed E-state index contributed by atoms with van der Waals surface area (Å²) in [5.41, 5.74) is 1.29. The minimum absolute atomic E-state index is 0.337. The fourth-order valence-electron chi connectivity index (χ4n) is 2.58. The van der Waals surface area contributed by atoms with Crippen LogP contribution in [0.4, 0.5) is 0 Å². The third kappa shape index (κ3) is 6.06.